The van der Waals surface area contributed by atoms with E-state index in [0.717, 1.165) is 43.7 Å². The Morgan fingerprint density at radius 2 is 1.88 bits per heavy atom. The van der Waals surface area contributed by atoms with Gasteiger partial charge in [0.05, 0.1) is 11.0 Å². The first kappa shape index (κ1) is 17.2. The normalized spacial score (nSPS) is 16.9. The molecule has 2 heterocycles. The van der Waals surface area contributed by atoms with Crippen molar-refractivity contribution in [3.63, 3.8) is 0 Å². The summed E-state index contributed by atoms with van der Waals surface area (Å²) < 4.78 is 15.6. The first-order valence-electron chi connectivity index (χ1n) is 9.50. The van der Waals surface area contributed by atoms with Crippen LogP contribution in [-0.2, 0) is 13.5 Å². The van der Waals surface area contributed by atoms with Crippen LogP contribution in [0.25, 0.3) is 11.0 Å². The Bertz CT molecular complexity index is 892. The predicted molar refractivity (Wildman–Crippen MR) is 104 cm³/mol. The van der Waals surface area contributed by atoms with Gasteiger partial charge in [0.15, 0.2) is 0 Å². The fraction of sp³-hybridized carbons (Fsp3) is 0.409. The number of hydrogen-bond acceptors (Lipinski definition) is 2. The van der Waals surface area contributed by atoms with Crippen LogP contribution in [0.2, 0.25) is 0 Å². The van der Waals surface area contributed by atoms with Crippen LogP contribution in [0.4, 0.5) is 4.39 Å². The zero-order valence-electron chi connectivity index (χ0n) is 15.5. The van der Waals surface area contributed by atoms with Gasteiger partial charge in [0, 0.05) is 13.0 Å². The van der Waals surface area contributed by atoms with Crippen molar-refractivity contribution in [2.24, 2.45) is 13.0 Å². The molecule has 0 radical (unpaired) electrons. The van der Waals surface area contributed by atoms with Gasteiger partial charge in [-0.25, -0.2) is 9.37 Å². The minimum atomic E-state index is -0.175. The van der Waals surface area contributed by atoms with Crippen LogP contribution in [0.3, 0.4) is 0 Å². The van der Waals surface area contributed by atoms with Gasteiger partial charge in [-0.1, -0.05) is 24.3 Å². The molecule has 1 N–H and O–H groups in total. The lowest BCUT2D eigenvalue weighted by Crippen LogP contribution is -2.32. The van der Waals surface area contributed by atoms with Crippen molar-refractivity contribution in [3.8, 4) is 0 Å². The molecule has 1 aliphatic rings. The molecule has 1 aromatic heterocycles. The second-order valence-corrected chi connectivity index (χ2v) is 7.50. The van der Waals surface area contributed by atoms with Crippen LogP contribution in [0.5, 0.6) is 0 Å². The summed E-state index contributed by atoms with van der Waals surface area (Å²) in [6.45, 7) is 4.27. The summed E-state index contributed by atoms with van der Waals surface area (Å²) in [6.07, 6.45) is 3.23. The Hall–Kier alpha value is -2.20. The number of aromatic nitrogens is 2. The van der Waals surface area contributed by atoms with Gasteiger partial charge in [-0.05, 0) is 74.5 Å². The maximum absolute atomic E-state index is 13.3. The van der Waals surface area contributed by atoms with Crippen LogP contribution < -0.4 is 5.32 Å². The number of hydrogen-bond donors (Lipinski definition) is 1. The van der Waals surface area contributed by atoms with Gasteiger partial charge < -0.3 is 9.88 Å². The van der Waals surface area contributed by atoms with E-state index in [1.165, 1.54) is 16.6 Å². The number of nitrogens with one attached hydrogen (secondary N) is 1. The number of halogens is 1. The highest BCUT2D eigenvalue weighted by atomic mass is 19.1. The van der Waals surface area contributed by atoms with Crippen molar-refractivity contribution in [2.45, 2.75) is 32.1 Å². The van der Waals surface area contributed by atoms with E-state index >= 15 is 0 Å². The molecule has 3 nitrogen and oxygen atoms in total. The Morgan fingerprint density at radius 3 is 2.58 bits per heavy atom. The molecule has 0 spiro atoms. The van der Waals surface area contributed by atoms with Crippen molar-refractivity contribution in [1.82, 2.24) is 14.9 Å². The Morgan fingerprint density at radius 1 is 1.15 bits per heavy atom. The summed E-state index contributed by atoms with van der Waals surface area (Å²) in [5.41, 5.74) is 4.73. The van der Waals surface area contributed by atoms with Crippen LogP contribution in [0.1, 0.15) is 35.7 Å². The highest BCUT2D eigenvalue weighted by molar-refractivity contribution is 5.79. The first-order chi connectivity index (χ1) is 12.6. The van der Waals surface area contributed by atoms with E-state index in [9.17, 15) is 4.39 Å². The fourth-order valence-electron chi connectivity index (χ4n) is 4.40. The molecular weight excluding hydrogens is 325 g/mol. The fourth-order valence-corrected chi connectivity index (χ4v) is 4.40. The average Bonchev–Trinajstić information content (AvgIpc) is 3.00. The predicted octanol–water partition coefficient (Wildman–Crippen LogP) is 4.35. The summed E-state index contributed by atoms with van der Waals surface area (Å²) in [5, 5.41) is 3.47. The van der Waals surface area contributed by atoms with Gasteiger partial charge in [0.25, 0.3) is 0 Å². The second-order valence-electron chi connectivity index (χ2n) is 7.50. The number of piperidine rings is 1. The van der Waals surface area contributed by atoms with Crippen molar-refractivity contribution >= 4 is 11.0 Å². The van der Waals surface area contributed by atoms with Gasteiger partial charge in [-0.15, -0.1) is 0 Å². The molecule has 136 valence electrons. The Balaban J connectivity index is 1.76. The summed E-state index contributed by atoms with van der Waals surface area (Å²) in [4.78, 5) is 5.03. The maximum Gasteiger partial charge on any atom is 0.123 e. The zero-order chi connectivity index (χ0) is 18.1. The molecular formula is C22H26FN3. The van der Waals surface area contributed by atoms with Gasteiger partial charge in [-0.2, -0.15) is 0 Å². The molecule has 1 aliphatic heterocycles. The smallest absolute Gasteiger partial charge is 0.123 e. The number of nitrogens with zero attached hydrogens (tertiary/aromatic N) is 2. The number of benzene rings is 2. The van der Waals surface area contributed by atoms with E-state index in [-0.39, 0.29) is 5.82 Å². The van der Waals surface area contributed by atoms with Gasteiger partial charge in [0.1, 0.15) is 11.6 Å². The molecule has 0 aliphatic carbocycles. The quantitative estimate of drug-likeness (QED) is 0.757. The summed E-state index contributed by atoms with van der Waals surface area (Å²) in [6, 6.07) is 13.3. The van der Waals surface area contributed by atoms with Crippen LogP contribution in [0.15, 0.2) is 42.5 Å². The number of rotatable bonds is 4. The van der Waals surface area contributed by atoms with Crippen LogP contribution >= 0.6 is 0 Å². The Labute approximate surface area is 154 Å². The van der Waals surface area contributed by atoms with Crippen molar-refractivity contribution in [2.75, 3.05) is 13.1 Å². The second kappa shape index (κ2) is 7.20. The number of aryl methyl sites for hydroxylation is 2. The molecule has 1 atom stereocenters. The monoisotopic (exact) mass is 351 g/mol. The number of fused-ring (bicyclic) bond motifs is 1. The molecule has 4 heteroatoms. The van der Waals surface area contributed by atoms with E-state index in [4.69, 9.17) is 4.98 Å². The third-order valence-corrected chi connectivity index (χ3v) is 5.78. The molecule has 0 amide bonds. The molecule has 0 bridgehead atoms. The summed E-state index contributed by atoms with van der Waals surface area (Å²) in [5.74, 6) is 1.92. The summed E-state index contributed by atoms with van der Waals surface area (Å²) >= 11 is 0. The minimum Gasteiger partial charge on any atom is -0.331 e. The molecule has 26 heavy (non-hydrogen) atoms. The topological polar surface area (TPSA) is 29.9 Å². The number of para-hydroxylation sites is 1. The average molecular weight is 351 g/mol. The van der Waals surface area contributed by atoms with E-state index in [2.05, 4.69) is 42.1 Å². The lowest BCUT2D eigenvalue weighted by atomic mass is 9.80. The molecule has 1 unspecified atom stereocenters. The standard InChI is InChI=1S/C22H26FN3/c1-15-4-3-5-20-21(15)26(2)22(25-20)19(17-10-12-24-13-11-17)14-16-6-8-18(23)9-7-16/h3-9,17,19,24H,10-14H2,1-2H3. The molecule has 1 fully saturated rings. The zero-order valence-corrected chi connectivity index (χ0v) is 15.5. The van der Waals surface area contributed by atoms with Gasteiger partial charge in [-0.3, -0.25) is 0 Å². The SMILES string of the molecule is Cc1cccc2nc(C(Cc3ccc(F)cc3)C3CCNCC3)n(C)c12. The van der Waals surface area contributed by atoms with Crippen molar-refractivity contribution < 1.29 is 4.39 Å². The molecule has 4 rings (SSSR count). The van der Waals surface area contributed by atoms with Crippen molar-refractivity contribution in [3.05, 3.63) is 65.2 Å². The molecule has 1 saturated heterocycles. The van der Waals surface area contributed by atoms with E-state index in [1.807, 2.05) is 12.1 Å². The van der Waals surface area contributed by atoms with Crippen LogP contribution in [0, 0.1) is 18.7 Å². The lowest BCUT2D eigenvalue weighted by Gasteiger charge is -2.30. The van der Waals surface area contributed by atoms with E-state index in [0.29, 0.717) is 11.8 Å². The summed E-state index contributed by atoms with van der Waals surface area (Å²) in [7, 11) is 2.14. The van der Waals surface area contributed by atoms with E-state index < -0.39 is 0 Å². The Kier molecular flexibility index (Phi) is 4.77. The van der Waals surface area contributed by atoms with Crippen molar-refractivity contribution in [1.29, 1.82) is 0 Å². The lowest BCUT2D eigenvalue weighted by molar-refractivity contribution is 0.305. The molecule has 0 saturated carbocycles. The third-order valence-electron chi connectivity index (χ3n) is 5.78. The third kappa shape index (κ3) is 3.26. The molecule has 2 aromatic carbocycles. The first-order valence-corrected chi connectivity index (χ1v) is 9.50. The highest BCUT2D eigenvalue weighted by Crippen LogP contribution is 2.35. The van der Waals surface area contributed by atoms with E-state index in [1.54, 1.807) is 12.1 Å². The maximum atomic E-state index is 13.3. The number of imidazole rings is 1. The molecule has 3 aromatic rings. The highest BCUT2D eigenvalue weighted by Gasteiger charge is 2.29. The largest absolute Gasteiger partial charge is 0.331 e. The van der Waals surface area contributed by atoms with Gasteiger partial charge in [0.2, 0.25) is 0 Å². The minimum absolute atomic E-state index is 0.175. The van der Waals surface area contributed by atoms with Gasteiger partial charge >= 0.3 is 0 Å². The van der Waals surface area contributed by atoms with Crippen LogP contribution in [-0.4, -0.2) is 22.6 Å².